The van der Waals surface area contributed by atoms with Gasteiger partial charge in [0.05, 0.1) is 11.1 Å². The maximum absolute atomic E-state index is 11.5. The summed E-state index contributed by atoms with van der Waals surface area (Å²) in [6.45, 7) is 0. The van der Waals surface area contributed by atoms with Gasteiger partial charge in [-0.25, -0.2) is 4.98 Å². The van der Waals surface area contributed by atoms with Crippen molar-refractivity contribution in [2.75, 3.05) is 5.32 Å². The van der Waals surface area contributed by atoms with E-state index in [9.17, 15) is 10.1 Å². The Kier molecular flexibility index (Phi) is 4.60. The standard InChI is InChI=1S/C15H17N5O3/c21-20(22)13-14(19-11-5-2-1-3-6-11)17-10-18-15(13)23-12-7-4-8-16-9-12/h4,7-11H,1-3,5-6H2,(H,17,18,19). The Morgan fingerprint density at radius 1 is 1.26 bits per heavy atom. The lowest BCUT2D eigenvalue weighted by atomic mass is 9.95. The van der Waals surface area contributed by atoms with Crippen molar-refractivity contribution in [3.8, 4) is 11.6 Å². The van der Waals surface area contributed by atoms with Gasteiger partial charge in [0.15, 0.2) is 0 Å². The highest BCUT2D eigenvalue weighted by atomic mass is 16.6. The van der Waals surface area contributed by atoms with Crippen molar-refractivity contribution in [1.29, 1.82) is 0 Å². The van der Waals surface area contributed by atoms with E-state index in [-0.39, 0.29) is 23.4 Å². The zero-order valence-electron chi connectivity index (χ0n) is 12.5. The molecule has 0 aromatic carbocycles. The molecule has 1 aliphatic rings. The molecule has 2 aromatic heterocycles. The minimum Gasteiger partial charge on any atom is -0.432 e. The van der Waals surface area contributed by atoms with Crippen molar-refractivity contribution in [2.45, 2.75) is 38.1 Å². The van der Waals surface area contributed by atoms with Gasteiger partial charge in [0.1, 0.15) is 12.1 Å². The van der Waals surface area contributed by atoms with E-state index in [1.165, 1.54) is 18.9 Å². The number of rotatable bonds is 5. The lowest BCUT2D eigenvalue weighted by Crippen LogP contribution is -2.23. The highest BCUT2D eigenvalue weighted by Crippen LogP contribution is 2.35. The molecule has 0 radical (unpaired) electrons. The van der Waals surface area contributed by atoms with Crippen LogP contribution < -0.4 is 10.1 Å². The lowest BCUT2D eigenvalue weighted by Gasteiger charge is -2.23. The number of hydrogen-bond acceptors (Lipinski definition) is 7. The molecule has 8 nitrogen and oxygen atoms in total. The fourth-order valence-corrected chi connectivity index (χ4v) is 2.67. The Morgan fingerprint density at radius 3 is 2.78 bits per heavy atom. The number of ether oxygens (including phenoxy) is 1. The summed E-state index contributed by atoms with van der Waals surface area (Å²) in [5.41, 5.74) is -0.248. The van der Waals surface area contributed by atoms with Gasteiger partial charge >= 0.3 is 11.6 Å². The van der Waals surface area contributed by atoms with Crippen LogP contribution in [0, 0.1) is 10.1 Å². The number of hydrogen-bond donors (Lipinski definition) is 1. The number of pyridine rings is 1. The van der Waals surface area contributed by atoms with E-state index >= 15 is 0 Å². The van der Waals surface area contributed by atoms with Gasteiger partial charge in [-0.3, -0.25) is 15.1 Å². The van der Waals surface area contributed by atoms with Crippen LogP contribution in [0.25, 0.3) is 0 Å². The van der Waals surface area contributed by atoms with Crippen molar-refractivity contribution in [1.82, 2.24) is 15.0 Å². The Bertz CT molecular complexity index is 674. The van der Waals surface area contributed by atoms with Crippen LogP contribution in [0.5, 0.6) is 11.6 Å². The minimum absolute atomic E-state index is 0.0868. The number of anilines is 1. The smallest absolute Gasteiger partial charge is 0.373 e. The average molecular weight is 315 g/mol. The molecule has 3 rings (SSSR count). The molecule has 23 heavy (non-hydrogen) atoms. The highest BCUT2D eigenvalue weighted by molar-refractivity contribution is 5.62. The summed E-state index contributed by atoms with van der Waals surface area (Å²) < 4.78 is 5.51. The van der Waals surface area contributed by atoms with Crippen molar-refractivity contribution in [3.05, 3.63) is 41.0 Å². The van der Waals surface area contributed by atoms with Crippen LogP contribution >= 0.6 is 0 Å². The van der Waals surface area contributed by atoms with Crippen molar-refractivity contribution >= 4 is 11.5 Å². The largest absolute Gasteiger partial charge is 0.432 e. The van der Waals surface area contributed by atoms with Gasteiger partial charge < -0.3 is 10.1 Å². The maximum atomic E-state index is 11.5. The zero-order valence-corrected chi connectivity index (χ0v) is 12.5. The monoisotopic (exact) mass is 315 g/mol. The molecule has 8 heteroatoms. The first-order valence-electron chi connectivity index (χ1n) is 7.58. The molecule has 0 bridgehead atoms. The molecule has 2 aromatic rings. The Balaban J connectivity index is 1.87. The molecule has 1 fully saturated rings. The summed E-state index contributed by atoms with van der Waals surface area (Å²) in [4.78, 5) is 22.8. The summed E-state index contributed by atoms with van der Waals surface area (Å²) in [5.74, 6) is 0.505. The first kappa shape index (κ1) is 15.1. The van der Waals surface area contributed by atoms with Gasteiger partial charge in [-0.15, -0.1) is 0 Å². The molecule has 0 spiro atoms. The van der Waals surface area contributed by atoms with E-state index in [4.69, 9.17) is 4.74 Å². The van der Waals surface area contributed by atoms with Gasteiger partial charge in [-0.2, -0.15) is 4.98 Å². The fourth-order valence-electron chi connectivity index (χ4n) is 2.67. The van der Waals surface area contributed by atoms with Gasteiger partial charge in [0.2, 0.25) is 5.82 Å². The molecule has 1 N–H and O–H groups in total. The van der Waals surface area contributed by atoms with Gasteiger partial charge in [0.25, 0.3) is 0 Å². The van der Waals surface area contributed by atoms with Crippen LogP contribution in [-0.2, 0) is 0 Å². The minimum atomic E-state index is -0.517. The third kappa shape index (κ3) is 3.71. The third-order valence-corrected chi connectivity index (χ3v) is 3.77. The number of nitro groups is 1. The van der Waals surface area contributed by atoms with Gasteiger partial charge in [0, 0.05) is 12.2 Å². The predicted octanol–water partition coefficient (Wildman–Crippen LogP) is 3.32. The van der Waals surface area contributed by atoms with Crippen molar-refractivity contribution in [3.63, 3.8) is 0 Å². The summed E-state index contributed by atoms with van der Waals surface area (Å²) >= 11 is 0. The normalized spacial score (nSPS) is 15.1. The number of aromatic nitrogens is 3. The first-order chi connectivity index (χ1) is 11.2. The first-order valence-corrected chi connectivity index (χ1v) is 7.58. The summed E-state index contributed by atoms with van der Waals surface area (Å²) in [6, 6.07) is 3.54. The molecule has 0 atom stereocenters. The maximum Gasteiger partial charge on any atom is 0.373 e. The predicted molar refractivity (Wildman–Crippen MR) is 83.5 cm³/mol. The molecular formula is C15H17N5O3. The summed E-state index contributed by atoms with van der Waals surface area (Å²) in [7, 11) is 0. The zero-order chi connectivity index (χ0) is 16.1. The van der Waals surface area contributed by atoms with Crippen LogP contribution in [0.2, 0.25) is 0 Å². The van der Waals surface area contributed by atoms with E-state index < -0.39 is 4.92 Å². The van der Waals surface area contributed by atoms with E-state index in [1.807, 2.05) is 0 Å². The van der Waals surface area contributed by atoms with E-state index in [2.05, 4.69) is 20.3 Å². The average Bonchev–Trinajstić information content (AvgIpc) is 2.56. The second-order valence-corrected chi connectivity index (χ2v) is 5.40. The highest BCUT2D eigenvalue weighted by Gasteiger charge is 2.27. The molecule has 1 saturated carbocycles. The van der Waals surface area contributed by atoms with Gasteiger partial charge in [-0.05, 0) is 25.0 Å². The SMILES string of the molecule is O=[N+]([O-])c1c(NC2CCCCC2)ncnc1Oc1cccnc1. The fraction of sp³-hybridized carbons (Fsp3) is 0.400. The summed E-state index contributed by atoms with van der Waals surface area (Å²) in [6.07, 6.45) is 9.76. The van der Waals surface area contributed by atoms with Crippen molar-refractivity contribution in [2.24, 2.45) is 0 Å². The van der Waals surface area contributed by atoms with Crippen LogP contribution in [-0.4, -0.2) is 25.9 Å². The van der Waals surface area contributed by atoms with Crippen LogP contribution in [0.3, 0.4) is 0 Å². The molecule has 1 aliphatic carbocycles. The Hall–Kier alpha value is -2.77. The van der Waals surface area contributed by atoms with Crippen LogP contribution in [0.1, 0.15) is 32.1 Å². The third-order valence-electron chi connectivity index (χ3n) is 3.77. The molecule has 0 unspecified atom stereocenters. The molecule has 0 saturated heterocycles. The molecule has 120 valence electrons. The number of nitrogens with one attached hydrogen (secondary N) is 1. The van der Waals surface area contributed by atoms with Crippen LogP contribution in [0.15, 0.2) is 30.9 Å². The lowest BCUT2D eigenvalue weighted by molar-refractivity contribution is -0.385. The Morgan fingerprint density at radius 2 is 2.09 bits per heavy atom. The molecule has 0 aliphatic heterocycles. The topological polar surface area (TPSA) is 103 Å². The summed E-state index contributed by atoms with van der Waals surface area (Å²) in [5, 5.41) is 14.6. The molecule has 2 heterocycles. The molecule has 0 amide bonds. The second-order valence-electron chi connectivity index (χ2n) is 5.40. The van der Waals surface area contributed by atoms with E-state index in [1.54, 1.807) is 18.3 Å². The van der Waals surface area contributed by atoms with Crippen LogP contribution in [0.4, 0.5) is 11.5 Å². The number of nitrogens with zero attached hydrogens (tertiary/aromatic N) is 4. The van der Waals surface area contributed by atoms with E-state index in [0.717, 1.165) is 25.7 Å². The van der Waals surface area contributed by atoms with Crippen molar-refractivity contribution < 1.29 is 9.66 Å². The molecular weight excluding hydrogens is 298 g/mol. The van der Waals surface area contributed by atoms with Gasteiger partial charge in [-0.1, -0.05) is 19.3 Å². The Labute approximate surface area is 133 Å². The second kappa shape index (κ2) is 6.99. The quantitative estimate of drug-likeness (QED) is 0.666. The van der Waals surface area contributed by atoms with E-state index in [0.29, 0.717) is 5.75 Å².